The lowest BCUT2D eigenvalue weighted by atomic mass is 10.3. The summed E-state index contributed by atoms with van der Waals surface area (Å²) >= 11 is 1.39. The molecule has 0 bridgehead atoms. The lowest BCUT2D eigenvalue weighted by Crippen LogP contribution is -2.10. The van der Waals surface area contributed by atoms with Gasteiger partial charge in [0, 0.05) is 24.1 Å². The van der Waals surface area contributed by atoms with Crippen LogP contribution in [0.15, 0.2) is 29.6 Å². The van der Waals surface area contributed by atoms with E-state index in [1.807, 2.05) is 6.92 Å². The summed E-state index contributed by atoms with van der Waals surface area (Å²) in [7, 11) is 0. The number of aromatic nitrogens is 1. The average molecular weight is 276 g/mol. The molecule has 0 aliphatic heterocycles. The molecule has 1 N–H and O–H groups in total. The van der Waals surface area contributed by atoms with Crippen molar-refractivity contribution in [2.75, 3.05) is 5.32 Å². The molecule has 0 fully saturated rings. The third-order valence-electron chi connectivity index (χ3n) is 2.19. The zero-order valence-electron chi connectivity index (χ0n) is 10.5. The van der Waals surface area contributed by atoms with E-state index in [0.717, 1.165) is 5.01 Å². The van der Waals surface area contributed by atoms with Gasteiger partial charge < -0.3 is 10.1 Å². The quantitative estimate of drug-likeness (QED) is 0.691. The Balaban J connectivity index is 2.10. The Morgan fingerprint density at radius 3 is 2.79 bits per heavy atom. The summed E-state index contributed by atoms with van der Waals surface area (Å²) in [6.45, 7) is 3.23. The predicted molar refractivity (Wildman–Crippen MR) is 72.6 cm³/mol. The zero-order valence-corrected chi connectivity index (χ0v) is 11.3. The van der Waals surface area contributed by atoms with E-state index in [2.05, 4.69) is 10.3 Å². The largest absolute Gasteiger partial charge is 0.422 e. The van der Waals surface area contributed by atoms with Crippen LogP contribution in [0.5, 0.6) is 5.75 Å². The molecular weight excluding hydrogens is 264 g/mol. The smallest absolute Gasteiger partial charge is 0.363 e. The number of esters is 1. The van der Waals surface area contributed by atoms with Crippen LogP contribution in [0.2, 0.25) is 0 Å². The number of carbonyl (C=O) groups excluding carboxylic acids is 2. The number of anilines is 1. The summed E-state index contributed by atoms with van der Waals surface area (Å²) in [5.41, 5.74) is 0.861. The van der Waals surface area contributed by atoms with Crippen molar-refractivity contribution < 1.29 is 14.3 Å². The number of nitrogens with one attached hydrogen (secondary N) is 1. The lowest BCUT2D eigenvalue weighted by molar-refractivity contribution is -0.114. The van der Waals surface area contributed by atoms with Crippen LogP contribution in [0, 0.1) is 6.92 Å². The van der Waals surface area contributed by atoms with E-state index >= 15 is 0 Å². The number of rotatable bonds is 3. The van der Waals surface area contributed by atoms with E-state index in [9.17, 15) is 9.59 Å². The second-order valence-electron chi connectivity index (χ2n) is 3.85. The number of carbonyl (C=O) groups is 2. The highest BCUT2D eigenvalue weighted by Gasteiger charge is 2.12. The van der Waals surface area contributed by atoms with Gasteiger partial charge in [0.2, 0.25) is 5.91 Å². The van der Waals surface area contributed by atoms with Crippen molar-refractivity contribution in [2.24, 2.45) is 0 Å². The third-order valence-corrected chi connectivity index (χ3v) is 2.97. The summed E-state index contributed by atoms with van der Waals surface area (Å²) in [6, 6.07) is 6.63. The molecule has 2 aromatic rings. The van der Waals surface area contributed by atoms with Gasteiger partial charge in [-0.15, -0.1) is 11.3 Å². The van der Waals surface area contributed by atoms with E-state index in [0.29, 0.717) is 11.4 Å². The standard InChI is InChI=1S/C13H12N2O3S/c1-8(16)14-10-4-3-5-11(6-10)18-13(17)12-7-19-9(2)15-12/h3-7H,1-2H3,(H,14,16). The van der Waals surface area contributed by atoms with Gasteiger partial charge in [-0.1, -0.05) is 6.07 Å². The molecule has 0 aliphatic carbocycles. The maximum absolute atomic E-state index is 11.8. The summed E-state index contributed by atoms with van der Waals surface area (Å²) < 4.78 is 5.19. The van der Waals surface area contributed by atoms with Gasteiger partial charge in [0.25, 0.3) is 0 Å². The highest BCUT2D eigenvalue weighted by molar-refractivity contribution is 7.09. The van der Waals surface area contributed by atoms with Crippen LogP contribution in [0.4, 0.5) is 5.69 Å². The molecule has 0 spiro atoms. The maximum Gasteiger partial charge on any atom is 0.363 e. The van der Waals surface area contributed by atoms with Gasteiger partial charge in [0.1, 0.15) is 5.75 Å². The van der Waals surface area contributed by atoms with E-state index < -0.39 is 5.97 Å². The fourth-order valence-corrected chi connectivity index (χ4v) is 2.04. The minimum absolute atomic E-state index is 0.182. The number of ether oxygens (including phenoxy) is 1. The Hall–Kier alpha value is -2.21. The van der Waals surface area contributed by atoms with E-state index in [-0.39, 0.29) is 11.6 Å². The van der Waals surface area contributed by atoms with E-state index in [4.69, 9.17) is 4.74 Å². The average Bonchev–Trinajstić information content (AvgIpc) is 2.75. The Morgan fingerprint density at radius 1 is 1.37 bits per heavy atom. The number of amides is 1. The number of thiazole rings is 1. The number of aryl methyl sites for hydroxylation is 1. The molecule has 98 valence electrons. The fourth-order valence-electron chi connectivity index (χ4n) is 1.46. The van der Waals surface area contributed by atoms with Crippen LogP contribution in [0.25, 0.3) is 0 Å². The molecule has 5 nitrogen and oxygen atoms in total. The van der Waals surface area contributed by atoms with Crippen molar-refractivity contribution in [1.29, 1.82) is 0 Å². The normalized spacial score (nSPS) is 10.0. The summed E-state index contributed by atoms with van der Waals surface area (Å²) in [5, 5.41) is 5.07. The first-order valence-electron chi connectivity index (χ1n) is 5.56. The minimum Gasteiger partial charge on any atom is -0.422 e. The number of hydrogen-bond acceptors (Lipinski definition) is 5. The molecule has 0 saturated heterocycles. The molecule has 1 heterocycles. The Kier molecular flexibility index (Phi) is 3.91. The molecule has 19 heavy (non-hydrogen) atoms. The molecule has 0 saturated carbocycles. The van der Waals surface area contributed by atoms with Crippen molar-refractivity contribution in [3.8, 4) is 5.75 Å². The second-order valence-corrected chi connectivity index (χ2v) is 4.91. The van der Waals surface area contributed by atoms with Crippen molar-refractivity contribution >= 4 is 28.9 Å². The van der Waals surface area contributed by atoms with E-state index in [1.54, 1.807) is 29.6 Å². The Labute approximate surface area is 114 Å². The molecule has 1 amide bonds. The highest BCUT2D eigenvalue weighted by Crippen LogP contribution is 2.19. The van der Waals surface area contributed by atoms with Gasteiger partial charge >= 0.3 is 5.97 Å². The topological polar surface area (TPSA) is 68.3 Å². The summed E-state index contributed by atoms with van der Waals surface area (Å²) in [5.74, 6) is -0.329. The molecule has 2 rings (SSSR count). The molecule has 0 atom stereocenters. The van der Waals surface area contributed by atoms with Crippen LogP contribution in [0.1, 0.15) is 22.4 Å². The number of benzene rings is 1. The Bertz CT molecular complexity index is 622. The number of nitrogens with zero attached hydrogens (tertiary/aromatic N) is 1. The number of hydrogen-bond donors (Lipinski definition) is 1. The molecule has 6 heteroatoms. The summed E-state index contributed by atoms with van der Waals surface area (Å²) in [6.07, 6.45) is 0. The van der Waals surface area contributed by atoms with Gasteiger partial charge in [-0.25, -0.2) is 9.78 Å². The van der Waals surface area contributed by atoms with Crippen LogP contribution in [-0.4, -0.2) is 16.9 Å². The van der Waals surface area contributed by atoms with Gasteiger partial charge in [-0.3, -0.25) is 4.79 Å². The Morgan fingerprint density at radius 2 is 2.16 bits per heavy atom. The minimum atomic E-state index is -0.510. The first-order chi connectivity index (χ1) is 9.04. The fraction of sp³-hybridized carbons (Fsp3) is 0.154. The molecule has 0 aliphatic rings. The molecule has 1 aromatic carbocycles. The first kappa shape index (κ1) is 13.2. The van der Waals surface area contributed by atoms with Crippen LogP contribution in [0.3, 0.4) is 0 Å². The van der Waals surface area contributed by atoms with E-state index in [1.165, 1.54) is 18.3 Å². The summed E-state index contributed by atoms with van der Waals surface area (Å²) in [4.78, 5) is 26.8. The van der Waals surface area contributed by atoms with Gasteiger partial charge in [-0.2, -0.15) is 0 Å². The lowest BCUT2D eigenvalue weighted by Gasteiger charge is -2.05. The molecule has 1 aromatic heterocycles. The monoisotopic (exact) mass is 276 g/mol. The van der Waals surface area contributed by atoms with Gasteiger partial charge in [0.05, 0.1) is 5.01 Å². The highest BCUT2D eigenvalue weighted by atomic mass is 32.1. The van der Waals surface area contributed by atoms with Gasteiger partial charge in [-0.05, 0) is 19.1 Å². The maximum atomic E-state index is 11.8. The van der Waals surface area contributed by atoms with Crippen molar-refractivity contribution in [3.63, 3.8) is 0 Å². The van der Waals surface area contributed by atoms with Crippen LogP contribution < -0.4 is 10.1 Å². The molecule has 0 radical (unpaired) electrons. The SMILES string of the molecule is CC(=O)Nc1cccc(OC(=O)c2csc(C)n2)c1. The van der Waals surface area contributed by atoms with Crippen LogP contribution in [-0.2, 0) is 4.79 Å². The zero-order chi connectivity index (χ0) is 13.8. The second kappa shape index (κ2) is 5.62. The first-order valence-corrected chi connectivity index (χ1v) is 6.44. The van der Waals surface area contributed by atoms with Crippen LogP contribution >= 0.6 is 11.3 Å². The molecule has 0 unspecified atom stereocenters. The third kappa shape index (κ3) is 3.62. The predicted octanol–water partition coefficient (Wildman–Crippen LogP) is 2.63. The molecular formula is C13H12N2O3S. The van der Waals surface area contributed by atoms with Crippen molar-refractivity contribution in [3.05, 3.63) is 40.3 Å². The van der Waals surface area contributed by atoms with Crippen molar-refractivity contribution in [2.45, 2.75) is 13.8 Å². The van der Waals surface area contributed by atoms with Crippen molar-refractivity contribution in [1.82, 2.24) is 4.98 Å². The van der Waals surface area contributed by atoms with Gasteiger partial charge in [0.15, 0.2) is 5.69 Å².